The average molecular weight is 385 g/mol. The Balaban J connectivity index is 1.75. The first kappa shape index (κ1) is 18.5. The summed E-state index contributed by atoms with van der Waals surface area (Å²) in [5, 5.41) is 24.0. The number of aliphatic carboxylic acids is 1. The lowest BCUT2D eigenvalue weighted by Crippen LogP contribution is -2.32. The molecule has 3 aromatic rings. The molecule has 0 aliphatic carbocycles. The van der Waals surface area contributed by atoms with Gasteiger partial charge in [-0.05, 0) is 30.3 Å². The van der Waals surface area contributed by atoms with E-state index in [-0.39, 0.29) is 5.71 Å². The minimum Gasteiger partial charge on any atom is -0.543 e. The number of oxime groups is 1. The second kappa shape index (κ2) is 7.92. The molecule has 2 heterocycles. The van der Waals surface area contributed by atoms with Gasteiger partial charge in [0.25, 0.3) is 0 Å². The van der Waals surface area contributed by atoms with E-state index in [1.165, 1.54) is 18.4 Å². The lowest BCUT2D eigenvalue weighted by Gasteiger charge is -2.11. The van der Waals surface area contributed by atoms with Crippen LogP contribution in [-0.2, 0) is 9.63 Å². The van der Waals surface area contributed by atoms with Crippen molar-refractivity contribution in [1.29, 1.82) is 0 Å². The summed E-state index contributed by atoms with van der Waals surface area (Å²) < 4.78 is 5.38. The summed E-state index contributed by atoms with van der Waals surface area (Å²) in [6, 6.07) is 11.3. The highest BCUT2D eigenvalue weighted by molar-refractivity contribution is 7.14. The molecule has 0 unspecified atom stereocenters. The number of hydrogen-bond donors (Lipinski definition) is 1. The van der Waals surface area contributed by atoms with Crippen LogP contribution >= 0.6 is 11.3 Å². The number of anilines is 3. The van der Waals surface area contributed by atoms with Crippen LogP contribution in [0.25, 0.3) is 11.3 Å². The van der Waals surface area contributed by atoms with E-state index in [1.807, 2.05) is 43.3 Å². The zero-order valence-electron chi connectivity index (χ0n) is 14.9. The largest absolute Gasteiger partial charge is 0.543 e. The van der Waals surface area contributed by atoms with Crippen molar-refractivity contribution < 1.29 is 19.3 Å². The van der Waals surface area contributed by atoms with Crippen LogP contribution in [0.3, 0.4) is 0 Å². The number of carbonyl (C=O) groups is 1. The molecular formula is C18H17N4O4S-. The van der Waals surface area contributed by atoms with Gasteiger partial charge in [-0.1, -0.05) is 10.3 Å². The van der Waals surface area contributed by atoms with E-state index in [0.29, 0.717) is 22.1 Å². The molecule has 0 amide bonds. The smallest absolute Gasteiger partial charge is 0.175 e. The third-order valence-electron chi connectivity index (χ3n) is 3.68. The number of aromatic nitrogens is 1. The van der Waals surface area contributed by atoms with E-state index in [1.54, 1.807) is 17.5 Å². The average Bonchev–Trinajstić information content (AvgIpc) is 3.29. The molecule has 0 aliphatic heterocycles. The molecule has 1 N–H and O–H groups in total. The second-order valence-corrected chi connectivity index (χ2v) is 6.66. The molecular weight excluding hydrogens is 368 g/mol. The van der Waals surface area contributed by atoms with Crippen LogP contribution in [0.4, 0.5) is 16.5 Å². The molecule has 0 saturated heterocycles. The Morgan fingerprint density at radius 1 is 1.30 bits per heavy atom. The maximum absolute atomic E-state index is 11.1. The first-order valence-electron chi connectivity index (χ1n) is 7.91. The van der Waals surface area contributed by atoms with Gasteiger partial charge in [-0.3, -0.25) is 0 Å². The third-order valence-corrected chi connectivity index (χ3v) is 4.52. The molecule has 1 aromatic carbocycles. The summed E-state index contributed by atoms with van der Waals surface area (Å²) >= 11 is 1.30. The van der Waals surface area contributed by atoms with Crippen molar-refractivity contribution in [3.8, 4) is 11.3 Å². The zero-order valence-corrected chi connectivity index (χ0v) is 15.7. The van der Waals surface area contributed by atoms with Crippen LogP contribution in [0, 0.1) is 0 Å². The number of carboxylic acids is 1. The monoisotopic (exact) mass is 385 g/mol. The van der Waals surface area contributed by atoms with Gasteiger partial charge in [0.1, 0.15) is 12.8 Å². The summed E-state index contributed by atoms with van der Waals surface area (Å²) in [6.07, 6.45) is 0. The lowest BCUT2D eigenvalue weighted by atomic mass is 10.1. The van der Waals surface area contributed by atoms with Crippen molar-refractivity contribution >= 4 is 39.5 Å². The maximum atomic E-state index is 11.1. The minimum atomic E-state index is -1.41. The van der Waals surface area contributed by atoms with E-state index < -0.39 is 5.97 Å². The van der Waals surface area contributed by atoms with Crippen LogP contribution in [0.1, 0.15) is 5.56 Å². The molecule has 9 heteroatoms. The Hall–Kier alpha value is -3.33. The van der Waals surface area contributed by atoms with E-state index in [4.69, 9.17) is 4.52 Å². The molecule has 0 bridgehead atoms. The second-order valence-electron chi connectivity index (χ2n) is 5.75. The first-order chi connectivity index (χ1) is 13.0. The summed E-state index contributed by atoms with van der Waals surface area (Å²) in [6.45, 7) is 0. The predicted octanol–water partition coefficient (Wildman–Crippen LogP) is 2.31. The molecule has 0 atom stereocenters. The number of carbonyl (C=O) groups excluding carboxylic acids is 1. The molecule has 0 saturated carbocycles. The van der Waals surface area contributed by atoms with Gasteiger partial charge in [0.15, 0.2) is 11.6 Å². The molecule has 0 fully saturated rings. The van der Waals surface area contributed by atoms with Gasteiger partial charge in [0.2, 0.25) is 0 Å². The van der Waals surface area contributed by atoms with Crippen LogP contribution in [0.15, 0.2) is 51.5 Å². The van der Waals surface area contributed by atoms with Crippen molar-refractivity contribution in [2.75, 3.05) is 31.4 Å². The fourth-order valence-electron chi connectivity index (χ4n) is 2.35. The van der Waals surface area contributed by atoms with Gasteiger partial charge in [0.05, 0.1) is 11.0 Å². The normalized spacial score (nSPS) is 11.3. The summed E-state index contributed by atoms with van der Waals surface area (Å²) in [4.78, 5) is 17.7. The molecule has 8 nitrogen and oxygen atoms in total. The van der Waals surface area contributed by atoms with E-state index >= 15 is 0 Å². The fourth-order valence-corrected chi connectivity index (χ4v) is 3.14. The number of rotatable bonds is 7. The molecule has 3 rings (SSSR count). The van der Waals surface area contributed by atoms with Crippen LogP contribution in [-0.4, -0.2) is 38.0 Å². The van der Waals surface area contributed by atoms with E-state index in [9.17, 15) is 9.90 Å². The number of nitrogens with zero attached hydrogens (tertiary/aromatic N) is 3. The summed E-state index contributed by atoms with van der Waals surface area (Å²) in [5.41, 5.74) is 2.10. The van der Waals surface area contributed by atoms with Crippen molar-refractivity contribution in [3.05, 3.63) is 47.3 Å². The molecule has 27 heavy (non-hydrogen) atoms. The number of hydrogen-bond acceptors (Lipinski definition) is 9. The highest BCUT2D eigenvalue weighted by Gasteiger charge is 2.12. The van der Waals surface area contributed by atoms with Gasteiger partial charge >= 0.3 is 0 Å². The topological polar surface area (TPSA) is 103 Å². The van der Waals surface area contributed by atoms with E-state index in [0.717, 1.165) is 11.3 Å². The van der Waals surface area contributed by atoms with Crippen molar-refractivity contribution in [3.63, 3.8) is 0 Å². The SMILES string of the molecule is CO/N=C(/C(=O)[O-])c1csc(Nc2cc(-c3ccc(N(C)C)cc3)on2)c1. The van der Waals surface area contributed by atoms with Crippen LogP contribution in [0.2, 0.25) is 0 Å². The minimum absolute atomic E-state index is 0.274. The highest BCUT2D eigenvalue weighted by atomic mass is 32.1. The Morgan fingerprint density at radius 3 is 2.67 bits per heavy atom. The van der Waals surface area contributed by atoms with Crippen molar-refractivity contribution in [1.82, 2.24) is 5.16 Å². The van der Waals surface area contributed by atoms with Crippen LogP contribution < -0.4 is 15.3 Å². The quantitative estimate of drug-likeness (QED) is 0.492. The Kier molecular flexibility index (Phi) is 5.41. The van der Waals surface area contributed by atoms with E-state index in [2.05, 4.69) is 20.5 Å². The predicted molar refractivity (Wildman–Crippen MR) is 102 cm³/mol. The highest BCUT2D eigenvalue weighted by Crippen LogP contribution is 2.28. The Labute approximate surface area is 159 Å². The van der Waals surface area contributed by atoms with Gasteiger partial charge in [-0.25, -0.2) is 0 Å². The number of thiophene rings is 1. The van der Waals surface area contributed by atoms with Gasteiger partial charge < -0.3 is 29.5 Å². The molecule has 2 aromatic heterocycles. The lowest BCUT2D eigenvalue weighted by molar-refractivity contribution is -0.294. The molecule has 0 radical (unpaired) electrons. The third kappa shape index (κ3) is 4.26. The Morgan fingerprint density at radius 2 is 2.04 bits per heavy atom. The molecule has 0 spiro atoms. The van der Waals surface area contributed by atoms with Crippen LogP contribution in [0.5, 0.6) is 0 Å². The Bertz CT molecular complexity index is 960. The van der Waals surface area contributed by atoms with Crippen molar-refractivity contribution in [2.45, 2.75) is 0 Å². The standard InChI is InChI=1S/C18H18N4O4S/c1-22(2)13-6-4-11(5-7-13)14-9-15(20-26-14)19-16-8-12(10-27-16)17(18(23)24)21-25-3/h4-10H,1-3H3,(H,19,20)(H,23,24)/p-1/b21-17+. The van der Waals surface area contributed by atoms with Crippen molar-refractivity contribution in [2.24, 2.45) is 5.16 Å². The van der Waals surface area contributed by atoms with Gasteiger partial charge in [0, 0.05) is 42.4 Å². The fraction of sp³-hybridized carbons (Fsp3) is 0.167. The number of benzene rings is 1. The molecule has 140 valence electrons. The number of carboxylic acid groups (broad SMARTS) is 1. The van der Waals surface area contributed by atoms with Gasteiger partial charge in [-0.15, -0.1) is 11.3 Å². The summed E-state index contributed by atoms with van der Waals surface area (Å²) in [5.74, 6) is -0.282. The number of nitrogens with one attached hydrogen (secondary N) is 1. The van der Waals surface area contributed by atoms with Gasteiger partial charge in [-0.2, -0.15) is 0 Å². The first-order valence-corrected chi connectivity index (χ1v) is 8.79. The summed E-state index contributed by atoms with van der Waals surface area (Å²) in [7, 11) is 5.23. The zero-order chi connectivity index (χ0) is 19.4. The maximum Gasteiger partial charge on any atom is 0.175 e. The molecule has 0 aliphatic rings.